The van der Waals surface area contributed by atoms with Crippen LogP contribution in [0.15, 0.2) is 0 Å². The first-order valence-corrected chi connectivity index (χ1v) is 5.26. The van der Waals surface area contributed by atoms with Crippen molar-refractivity contribution in [2.24, 2.45) is 11.8 Å². The van der Waals surface area contributed by atoms with Crippen LogP contribution in [0.4, 0.5) is 0 Å². The fourth-order valence-electron chi connectivity index (χ4n) is 2.36. The molecule has 1 heteroatoms. The summed E-state index contributed by atoms with van der Waals surface area (Å²) in [6.45, 7) is 4.61. The maximum absolute atomic E-state index is 5.50. The fraction of sp³-hybridized carbons (Fsp3) is 1.00. The molecule has 0 aromatic carbocycles. The van der Waals surface area contributed by atoms with Crippen molar-refractivity contribution in [3.8, 4) is 0 Å². The molecule has 1 fully saturated rings. The zero-order valence-corrected chi connectivity index (χ0v) is 8.68. The lowest BCUT2D eigenvalue weighted by atomic mass is 9.81. The number of hydrogen-bond donors (Lipinski definition) is 0. The van der Waals surface area contributed by atoms with Gasteiger partial charge in [0.25, 0.3) is 0 Å². The summed E-state index contributed by atoms with van der Waals surface area (Å²) in [5.41, 5.74) is 0. The molecule has 2 atom stereocenters. The highest BCUT2D eigenvalue weighted by Crippen LogP contribution is 2.30. The number of hydrogen-bond acceptors (Lipinski definition) is 1. The Bertz CT molecular complexity index is 120. The number of rotatable bonds is 3. The van der Waals surface area contributed by atoms with E-state index in [0.29, 0.717) is 6.10 Å². The van der Waals surface area contributed by atoms with Crippen LogP contribution < -0.4 is 0 Å². The van der Waals surface area contributed by atoms with E-state index in [1.165, 1.54) is 32.1 Å². The van der Waals surface area contributed by atoms with Crippen molar-refractivity contribution in [1.82, 2.24) is 0 Å². The molecule has 0 saturated heterocycles. The van der Waals surface area contributed by atoms with E-state index in [9.17, 15) is 0 Å². The van der Waals surface area contributed by atoms with Gasteiger partial charge in [-0.1, -0.05) is 26.7 Å². The van der Waals surface area contributed by atoms with Crippen LogP contribution in [-0.4, -0.2) is 13.2 Å². The van der Waals surface area contributed by atoms with Crippen molar-refractivity contribution in [2.75, 3.05) is 7.11 Å². The lowest BCUT2D eigenvalue weighted by Gasteiger charge is -2.31. The van der Waals surface area contributed by atoms with Crippen molar-refractivity contribution in [1.29, 1.82) is 0 Å². The van der Waals surface area contributed by atoms with Crippen LogP contribution in [0.5, 0.6) is 0 Å². The van der Waals surface area contributed by atoms with E-state index >= 15 is 0 Å². The molecule has 72 valence electrons. The second-order valence-corrected chi connectivity index (χ2v) is 4.45. The van der Waals surface area contributed by atoms with Crippen LogP contribution in [0.25, 0.3) is 0 Å². The standard InChI is InChI=1S/C11H22O/c1-9(2)8-10-6-4-5-7-11(10)12-3/h9-11H,4-8H2,1-3H3/t10-,11-/m0/s1. The molecule has 12 heavy (non-hydrogen) atoms. The lowest BCUT2D eigenvalue weighted by molar-refractivity contribution is 0.0157. The van der Waals surface area contributed by atoms with Gasteiger partial charge in [0.1, 0.15) is 0 Å². The normalized spacial score (nSPS) is 31.0. The van der Waals surface area contributed by atoms with Gasteiger partial charge in [-0.05, 0) is 31.1 Å². The zero-order chi connectivity index (χ0) is 8.97. The molecule has 1 aliphatic carbocycles. The predicted octanol–water partition coefficient (Wildman–Crippen LogP) is 3.24. The number of ether oxygens (including phenoxy) is 1. The van der Waals surface area contributed by atoms with Crippen LogP contribution in [0.2, 0.25) is 0 Å². The second-order valence-electron chi connectivity index (χ2n) is 4.45. The first-order valence-electron chi connectivity index (χ1n) is 5.26. The molecule has 0 aromatic heterocycles. The van der Waals surface area contributed by atoms with Gasteiger partial charge in [-0.3, -0.25) is 0 Å². The van der Waals surface area contributed by atoms with Gasteiger partial charge in [0, 0.05) is 7.11 Å². The molecular formula is C11H22O. The Morgan fingerprint density at radius 2 is 1.92 bits per heavy atom. The first kappa shape index (κ1) is 10.0. The summed E-state index contributed by atoms with van der Waals surface area (Å²) in [4.78, 5) is 0. The first-order chi connectivity index (χ1) is 5.74. The van der Waals surface area contributed by atoms with Crippen molar-refractivity contribution in [3.63, 3.8) is 0 Å². The molecule has 0 N–H and O–H groups in total. The third-order valence-electron chi connectivity index (χ3n) is 2.92. The topological polar surface area (TPSA) is 9.23 Å². The molecule has 1 saturated carbocycles. The maximum Gasteiger partial charge on any atom is 0.0599 e. The van der Waals surface area contributed by atoms with Crippen LogP contribution in [0, 0.1) is 11.8 Å². The largest absolute Gasteiger partial charge is 0.381 e. The minimum Gasteiger partial charge on any atom is -0.381 e. The van der Waals surface area contributed by atoms with E-state index in [1.54, 1.807) is 0 Å². The van der Waals surface area contributed by atoms with Crippen molar-refractivity contribution >= 4 is 0 Å². The molecule has 0 amide bonds. The third kappa shape index (κ3) is 2.78. The van der Waals surface area contributed by atoms with Crippen molar-refractivity contribution in [3.05, 3.63) is 0 Å². The molecular weight excluding hydrogens is 148 g/mol. The van der Waals surface area contributed by atoms with E-state index in [0.717, 1.165) is 11.8 Å². The third-order valence-corrected chi connectivity index (χ3v) is 2.92. The van der Waals surface area contributed by atoms with Gasteiger partial charge in [0.15, 0.2) is 0 Å². The molecule has 1 aliphatic rings. The van der Waals surface area contributed by atoms with Gasteiger partial charge in [0.2, 0.25) is 0 Å². The van der Waals surface area contributed by atoms with Crippen molar-refractivity contribution < 1.29 is 4.74 Å². The number of methoxy groups -OCH3 is 1. The van der Waals surface area contributed by atoms with Gasteiger partial charge >= 0.3 is 0 Å². The van der Waals surface area contributed by atoms with E-state index in [1.807, 2.05) is 7.11 Å². The lowest BCUT2D eigenvalue weighted by Crippen LogP contribution is -2.27. The minimum atomic E-state index is 0.557. The summed E-state index contributed by atoms with van der Waals surface area (Å²) in [6, 6.07) is 0. The van der Waals surface area contributed by atoms with E-state index in [4.69, 9.17) is 4.74 Å². The molecule has 0 heterocycles. The predicted molar refractivity (Wildman–Crippen MR) is 52.2 cm³/mol. The SMILES string of the molecule is CO[C@H]1CCCC[C@H]1CC(C)C. The minimum absolute atomic E-state index is 0.557. The van der Waals surface area contributed by atoms with Gasteiger partial charge in [-0.15, -0.1) is 0 Å². The van der Waals surface area contributed by atoms with Gasteiger partial charge in [-0.2, -0.15) is 0 Å². The molecule has 0 bridgehead atoms. The highest BCUT2D eigenvalue weighted by atomic mass is 16.5. The Balaban J connectivity index is 2.36. The quantitative estimate of drug-likeness (QED) is 0.632. The summed E-state index contributed by atoms with van der Waals surface area (Å²) in [7, 11) is 1.86. The molecule has 0 radical (unpaired) electrons. The van der Waals surface area contributed by atoms with Crippen molar-refractivity contribution in [2.45, 2.75) is 52.1 Å². The Hall–Kier alpha value is -0.0400. The van der Waals surface area contributed by atoms with Crippen LogP contribution in [0.3, 0.4) is 0 Å². The molecule has 0 unspecified atom stereocenters. The average Bonchev–Trinajstić information content (AvgIpc) is 2.04. The Labute approximate surface area is 76.5 Å². The monoisotopic (exact) mass is 170 g/mol. The molecule has 0 aromatic rings. The highest BCUT2D eigenvalue weighted by Gasteiger charge is 2.24. The molecule has 1 nitrogen and oxygen atoms in total. The van der Waals surface area contributed by atoms with E-state index in [-0.39, 0.29) is 0 Å². The Morgan fingerprint density at radius 1 is 1.25 bits per heavy atom. The molecule has 0 spiro atoms. The summed E-state index contributed by atoms with van der Waals surface area (Å²) >= 11 is 0. The zero-order valence-electron chi connectivity index (χ0n) is 8.68. The summed E-state index contributed by atoms with van der Waals surface area (Å²) < 4.78 is 5.50. The van der Waals surface area contributed by atoms with Gasteiger partial charge < -0.3 is 4.74 Å². The Morgan fingerprint density at radius 3 is 2.50 bits per heavy atom. The van der Waals surface area contributed by atoms with Gasteiger partial charge in [-0.25, -0.2) is 0 Å². The molecule has 1 rings (SSSR count). The fourth-order valence-corrected chi connectivity index (χ4v) is 2.36. The summed E-state index contributed by atoms with van der Waals surface area (Å²) in [6.07, 6.45) is 7.36. The van der Waals surface area contributed by atoms with Crippen LogP contribution in [-0.2, 0) is 4.74 Å². The van der Waals surface area contributed by atoms with Crippen LogP contribution >= 0.6 is 0 Å². The average molecular weight is 170 g/mol. The van der Waals surface area contributed by atoms with Gasteiger partial charge in [0.05, 0.1) is 6.10 Å². The van der Waals surface area contributed by atoms with Crippen LogP contribution in [0.1, 0.15) is 46.0 Å². The van der Waals surface area contributed by atoms with E-state index < -0.39 is 0 Å². The van der Waals surface area contributed by atoms with E-state index in [2.05, 4.69) is 13.8 Å². The maximum atomic E-state index is 5.50. The second kappa shape index (κ2) is 4.86. The smallest absolute Gasteiger partial charge is 0.0599 e. The summed E-state index contributed by atoms with van der Waals surface area (Å²) in [5, 5.41) is 0. The molecule has 0 aliphatic heterocycles. The Kier molecular flexibility index (Phi) is 4.07. The highest BCUT2D eigenvalue weighted by molar-refractivity contribution is 4.76. The summed E-state index contributed by atoms with van der Waals surface area (Å²) in [5.74, 6) is 1.66.